The number of nitrogens with one attached hydrogen (secondary N) is 1. The van der Waals surface area contributed by atoms with Crippen LogP contribution >= 0.6 is 11.8 Å². The number of para-hydroxylation sites is 1. The van der Waals surface area contributed by atoms with Gasteiger partial charge in [-0.2, -0.15) is 0 Å². The van der Waals surface area contributed by atoms with E-state index in [-0.39, 0.29) is 0 Å². The fourth-order valence-electron chi connectivity index (χ4n) is 2.85. The van der Waals surface area contributed by atoms with Crippen molar-refractivity contribution in [1.82, 2.24) is 0 Å². The first-order chi connectivity index (χ1) is 10.9. The van der Waals surface area contributed by atoms with Crippen LogP contribution in [0.2, 0.25) is 0 Å². The lowest BCUT2D eigenvalue weighted by atomic mass is 10.0. The first kappa shape index (κ1) is 13.5. The summed E-state index contributed by atoms with van der Waals surface area (Å²) in [5, 5.41) is 3.62. The van der Waals surface area contributed by atoms with Gasteiger partial charge in [0.2, 0.25) is 0 Å². The molecule has 0 amide bonds. The highest BCUT2D eigenvalue weighted by atomic mass is 32.2. The highest BCUT2D eigenvalue weighted by Crippen LogP contribution is 2.35. The van der Waals surface area contributed by atoms with Crippen molar-refractivity contribution in [2.45, 2.75) is 22.6 Å². The largest absolute Gasteiger partial charge is 0.355 e. The Morgan fingerprint density at radius 2 is 1.36 bits per heavy atom. The molecule has 0 saturated heterocycles. The maximum absolute atomic E-state index is 3.62. The first-order valence-electron chi connectivity index (χ1n) is 7.59. The Balaban J connectivity index is 1.66. The molecule has 1 heterocycles. The van der Waals surface area contributed by atoms with Gasteiger partial charge in [0, 0.05) is 21.2 Å². The molecule has 0 fully saturated rings. The molecule has 108 valence electrons. The Kier molecular flexibility index (Phi) is 3.61. The third-order valence-electron chi connectivity index (χ3n) is 4.01. The van der Waals surface area contributed by atoms with E-state index >= 15 is 0 Å². The zero-order valence-corrected chi connectivity index (χ0v) is 13.1. The van der Waals surface area contributed by atoms with Crippen LogP contribution in [0.1, 0.15) is 11.1 Å². The summed E-state index contributed by atoms with van der Waals surface area (Å²) in [4.78, 5) is 2.55. The van der Waals surface area contributed by atoms with Gasteiger partial charge in [0.15, 0.2) is 0 Å². The Labute approximate surface area is 135 Å². The standard InChI is InChI=1S/C20H17NS/c1-2-7-17(8-3-1)22-18-13-12-16-11-10-15-6-4-5-9-19(15)21-20(16)14-18/h1-9,12-14,21H,10-11H2. The quantitative estimate of drug-likeness (QED) is 0.653. The van der Waals surface area contributed by atoms with E-state index in [0.29, 0.717) is 0 Å². The number of fused-ring (bicyclic) bond motifs is 2. The number of aryl methyl sites for hydroxylation is 2. The predicted octanol–water partition coefficient (Wildman–Crippen LogP) is 5.68. The van der Waals surface area contributed by atoms with Crippen molar-refractivity contribution in [2.75, 3.05) is 5.32 Å². The first-order valence-corrected chi connectivity index (χ1v) is 8.41. The zero-order chi connectivity index (χ0) is 14.8. The van der Waals surface area contributed by atoms with Gasteiger partial charge in [-0.1, -0.05) is 54.2 Å². The molecule has 0 radical (unpaired) electrons. The SMILES string of the molecule is c1ccc(Sc2ccc3c(c2)Nc2ccccc2CC3)cc1. The van der Waals surface area contributed by atoms with Crippen molar-refractivity contribution >= 4 is 23.1 Å². The van der Waals surface area contributed by atoms with Gasteiger partial charge in [0.25, 0.3) is 0 Å². The smallest absolute Gasteiger partial charge is 0.0428 e. The third-order valence-corrected chi connectivity index (χ3v) is 5.01. The van der Waals surface area contributed by atoms with E-state index in [4.69, 9.17) is 0 Å². The Bertz CT molecular complexity index is 796. The van der Waals surface area contributed by atoms with Crippen molar-refractivity contribution in [3.05, 3.63) is 83.9 Å². The molecule has 0 spiro atoms. The van der Waals surface area contributed by atoms with E-state index in [2.05, 4.69) is 78.1 Å². The lowest BCUT2D eigenvalue weighted by Gasteiger charge is -2.11. The summed E-state index contributed by atoms with van der Waals surface area (Å²) in [7, 11) is 0. The molecule has 1 aliphatic heterocycles. The average Bonchev–Trinajstić information content (AvgIpc) is 2.74. The summed E-state index contributed by atoms with van der Waals surface area (Å²) in [6.07, 6.45) is 2.19. The number of hydrogen-bond donors (Lipinski definition) is 1. The van der Waals surface area contributed by atoms with Crippen LogP contribution in [-0.2, 0) is 12.8 Å². The van der Waals surface area contributed by atoms with Crippen LogP contribution in [0, 0.1) is 0 Å². The maximum atomic E-state index is 3.62. The highest BCUT2D eigenvalue weighted by Gasteiger charge is 2.12. The Hall–Kier alpha value is -2.19. The van der Waals surface area contributed by atoms with Gasteiger partial charge in [0.05, 0.1) is 0 Å². The summed E-state index contributed by atoms with van der Waals surface area (Å²) < 4.78 is 0. The second-order valence-corrected chi connectivity index (χ2v) is 6.66. The van der Waals surface area contributed by atoms with E-state index in [1.807, 2.05) is 11.8 Å². The maximum Gasteiger partial charge on any atom is 0.0428 e. The molecule has 22 heavy (non-hydrogen) atoms. The summed E-state index contributed by atoms with van der Waals surface area (Å²) in [6.45, 7) is 0. The summed E-state index contributed by atoms with van der Waals surface area (Å²) in [5.41, 5.74) is 5.28. The molecular weight excluding hydrogens is 286 g/mol. The topological polar surface area (TPSA) is 12.0 Å². The molecule has 1 aliphatic rings. The van der Waals surface area contributed by atoms with E-state index in [1.54, 1.807) is 0 Å². The molecule has 0 bridgehead atoms. The predicted molar refractivity (Wildman–Crippen MR) is 94.1 cm³/mol. The van der Waals surface area contributed by atoms with Crippen molar-refractivity contribution in [3.63, 3.8) is 0 Å². The number of hydrogen-bond acceptors (Lipinski definition) is 2. The van der Waals surface area contributed by atoms with E-state index < -0.39 is 0 Å². The Morgan fingerprint density at radius 3 is 2.23 bits per heavy atom. The van der Waals surface area contributed by atoms with Crippen LogP contribution in [0.15, 0.2) is 82.6 Å². The van der Waals surface area contributed by atoms with Crippen molar-refractivity contribution in [2.24, 2.45) is 0 Å². The molecule has 0 unspecified atom stereocenters. The number of rotatable bonds is 2. The fourth-order valence-corrected chi connectivity index (χ4v) is 3.73. The molecule has 3 aromatic carbocycles. The highest BCUT2D eigenvalue weighted by molar-refractivity contribution is 7.99. The molecule has 1 N–H and O–H groups in total. The molecule has 4 rings (SSSR count). The normalized spacial score (nSPS) is 12.7. The summed E-state index contributed by atoms with van der Waals surface area (Å²) >= 11 is 1.81. The van der Waals surface area contributed by atoms with Gasteiger partial charge in [-0.3, -0.25) is 0 Å². The van der Waals surface area contributed by atoms with Gasteiger partial charge in [-0.15, -0.1) is 0 Å². The fraction of sp³-hybridized carbons (Fsp3) is 0.100. The summed E-state index contributed by atoms with van der Waals surface area (Å²) in [6, 6.07) is 25.9. The Morgan fingerprint density at radius 1 is 0.636 bits per heavy atom. The number of benzene rings is 3. The van der Waals surface area contributed by atoms with E-state index in [0.717, 1.165) is 12.8 Å². The molecule has 3 aromatic rings. The molecule has 2 heteroatoms. The number of anilines is 2. The second-order valence-electron chi connectivity index (χ2n) is 5.52. The van der Waals surface area contributed by atoms with E-state index in [1.165, 1.54) is 32.3 Å². The van der Waals surface area contributed by atoms with Crippen LogP contribution in [0.4, 0.5) is 11.4 Å². The zero-order valence-electron chi connectivity index (χ0n) is 12.3. The minimum absolute atomic E-state index is 1.09. The molecule has 0 aliphatic carbocycles. The van der Waals surface area contributed by atoms with Crippen molar-refractivity contribution in [3.8, 4) is 0 Å². The molecule has 0 atom stereocenters. The van der Waals surface area contributed by atoms with Gasteiger partial charge in [-0.05, 0) is 54.3 Å². The van der Waals surface area contributed by atoms with E-state index in [9.17, 15) is 0 Å². The minimum atomic E-state index is 1.09. The van der Waals surface area contributed by atoms with Crippen molar-refractivity contribution < 1.29 is 0 Å². The van der Waals surface area contributed by atoms with Gasteiger partial charge < -0.3 is 5.32 Å². The monoisotopic (exact) mass is 303 g/mol. The van der Waals surface area contributed by atoms with Crippen LogP contribution in [0.5, 0.6) is 0 Å². The van der Waals surface area contributed by atoms with Crippen LogP contribution in [0.3, 0.4) is 0 Å². The van der Waals surface area contributed by atoms with Crippen LogP contribution < -0.4 is 5.32 Å². The molecule has 0 aromatic heterocycles. The van der Waals surface area contributed by atoms with Gasteiger partial charge in [-0.25, -0.2) is 0 Å². The van der Waals surface area contributed by atoms with Gasteiger partial charge in [0.1, 0.15) is 0 Å². The third kappa shape index (κ3) is 2.75. The molecule has 0 saturated carbocycles. The summed E-state index contributed by atoms with van der Waals surface area (Å²) in [5.74, 6) is 0. The average molecular weight is 303 g/mol. The minimum Gasteiger partial charge on any atom is -0.355 e. The molecular formula is C20H17NS. The van der Waals surface area contributed by atoms with Crippen LogP contribution in [-0.4, -0.2) is 0 Å². The lowest BCUT2D eigenvalue weighted by Crippen LogP contribution is -1.93. The second kappa shape index (κ2) is 5.90. The van der Waals surface area contributed by atoms with Gasteiger partial charge >= 0.3 is 0 Å². The molecule has 1 nitrogen and oxygen atoms in total. The lowest BCUT2D eigenvalue weighted by molar-refractivity contribution is 0.976. The van der Waals surface area contributed by atoms with Crippen molar-refractivity contribution in [1.29, 1.82) is 0 Å². The van der Waals surface area contributed by atoms with Crippen LogP contribution in [0.25, 0.3) is 0 Å².